The highest BCUT2D eigenvalue weighted by Crippen LogP contribution is 2.29. The number of nitro groups is 1. The molecular weight excluding hydrogens is 264 g/mol. The molecule has 1 aromatic carbocycles. The van der Waals surface area contributed by atoms with Crippen molar-refractivity contribution in [2.45, 2.75) is 38.5 Å². The predicted octanol–water partition coefficient (Wildman–Crippen LogP) is 1.13. The van der Waals surface area contributed by atoms with Gasteiger partial charge in [0, 0.05) is 12.1 Å². The van der Waals surface area contributed by atoms with Crippen LogP contribution in [0.3, 0.4) is 0 Å². The van der Waals surface area contributed by atoms with Crippen molar-refractivity contribution in [1.82, 2.24) is 5.32 Å². The number of benzene rings is 1. The van der Waals surface area contributed by atoms with Crippen LogP contribution in [0.5, 0.6) is 5.75 Å². The summed E-state index contributed by atoms with van der Waals surface area (Å²) in [5.74, 6) is -0.265. The van der Waals surface area contributed by atoms with Gasteiger partial charge in [0.2, 0.25) is 0 Å². The van der Waals surface area contributed by atoms with Crippen LogP contribution in [0.25, 0.3) is 0 Å². The predicted molar refractivity (Wildman–Crippen MR) is 70.3 cm³/mol. The topological polar surface area (TPSA) is 102 Å². The molecule has 2 rings (SSSR count). The van der Waals surface area contributed by atoms with Gasteiger partial charge in [-0.05, 0) is 31.4 Å². The number of hydrogen-bond donors (Lipinski definition) is 2. The largest absolute Gasteiger partial charge is 0.474 e. The first-order chi connectivity index (χ1) is 9.51. The molecule has 108 valence electrons. The zero-order valence-corrected chi connectivity index (χ0v) is 11.0. The standard InChI is InChI=1S/C13H16N2O5/c1-8(13(17)14-10-3-4-10)20-12-5-2-9(7-16)6-11(12)15(18)19/h2,5-6,8,10,16H,3-4,7H2,1H3,(H,14,17). The molecule has 1 amide bonds. The number of carbonyl (C=O) groups is 1. The number of hydrogen-bond acceptors (Lipinski definition) is 5. The average molecular weight is 280 g/mol. The molecule has 1 aliphatic carbocycles. The van der Waals surface area contributed by atoms with Crippen LogP contribution >= 0.6 is 0 Å². The van der Waals surface area contributed by atoms with E-state index in [2.05, 4.69) is 5.32 Å². The molecule has 1 aromatic rings. The first-order valence-corrected chi connectivity index (χ1v) is 6.36. The Hall–Kier alpha value is -2.15. The number of rotatable bonds is 6. The van der Waals surface area contributed by atoms with Crippen molar-refractivity contribution < 1.29 is 19.6 Å². The van der Waals surface area contributed by atoms with Crippen LogP contribution in [-0.2, 0) is 11.4 Å². The van der Waals surface area contributed by atoms with E-state index in [1.54, 1.807) is 6.92 Å². The van der Waals surface area contributed by atoms with Crippen molar-refractivity contribution in [1.29, 1.82) is 0 Å². The average Bonchev–Trinajstić information content (AvgIpc) is 3.22. The molecule has 1 unspecified atom stereocenters. The van der Waals surface area contributed by atoms with E-state index in [9.17, 15) is 14.9 Å². The van der Waals surface area contributed by atoms with Gasteiger partial charge in [0.15, 0.2) is 11.9 Å². The molecule has 0 spiro atoms. The minimum Gasteiger partial charge on any atom is -0.474 e. The van der Waals surface area contributed by atoms with E-state index in [0.29, 0.717) is 5.56 Å². The maximum atomic E-state index is 11.8. The summed E-state index contributed by atoms with van der Waals surface area (Å²) in [6.45, 7) is 1.25. The molecule has 0 radical (unpaired) electrons. The van der Waals surface area contributed by atoms with Crippen LogP contribution in [0.2, 0.25) is 0 Å². The lowest BCUT2D eigenvalue weighted by Crippen LogP contribution is -2.37. The normalized spacial score (nSPS) is 15.5. The van der Waals surface area contributed by atoms with Gasteiger partial charge in [-0.3, -0.25) is 14.9 Å². The van der Waals surface area contributed by atoms with Gasteiger partial charge in [-0.1, -0.05) is 6.07 Å². The molecule has 0 aromatic heterocycles. The third kappa shape index (κ3) is 3.45. The summed E-state index contributed by atoms with van der Waals surface area (Å²) >= 11 is 0. The van der Waals surface area contributed by atoms with Gasteiger partial charge in [0.25, 0.3) is 5.91 Å². The van der Waals surface area contributed by atoms with Gasteiger partial charge < -0.3 is 15.2 Å². The Morgan fingerprint density at radius 3 is 2.85 bits per heavy atom. The van der Waals surface area contributed by atoms with Gasteiger partial charge in [-0.15, -0.1) is 0 Å². The molecule has 7 nitrogen and oxygen atoms in total. The number of carbonyl (C=O) groups excluding carboxylic acids is 1. The second-order valence-corrected chi connectivity index (χ2v) is 4.76. The lowest BCUT2D eigenvalue weighted by molar-refractivity contribution is -0.386. The van der Waals surface area contributed by atoms with E-state index >= 15 is 0 Å². The molecule has 20 heavy (non-hydrogen) atoms. The summed E-state index contributed by atoms with van der Waals surface area (Å²) in [6, 6.07) is 4.36. The molecular formula is C13H16N2O5. The number of nitrogens with one attached hydrogen (secondary N) is 1. The van der Waals surface area contributed by atoms with Gasteiger partial charge in [0.1, 0.15) is 0 Å². The minimum absolute atomic E-state index is 0.0191. The highest BCUT2D eigenvalue weighted by atomic mass is 16.6. The molecule has 0 heterocycles. The Balaban J connectivity index is 2.10. The third-order valence-electron chi connectivity index (χ3n) is 3.00. The van der Waals surface area contributed by atoms with Crippen LogP contribution in [0.4, 0.5) is 5.69 Å². The Morgan fingerprint density at radius 1 is 1.60 bits per heavy atom. The van der Waals surface area contributed by atoms with Gasteiger partial charge in [-0.2, -0.15) is 0 Å². The summed E-state index contributed by atoms with van der Waals surface area (Å²) in [5.41, 5.74) is 0.154. The van der Waals surface area contributed by atoms with E-state index in [1.165, 1.54) is 18.2 Å². The zero-order valence-electron chi connectivity index (χ0n) is 11.0. The van der Waals surface area contributed by atoms with Gasteiger partial charge in [0.05, 0.1) is 11.5 Å². The van der Waals surface area contributed by atoms with Crippen molar-refractivity contribution in [3.8, 4) is 5.75 Å². The number of aliphatic hydroxyl groups is 1. The fourth-order valence-corrected chi connectivity index (χ4v) is 1.69. The molecule has 1 fully saturated rings. The zero-order chi connectivity index (χ0) is 14.7. The second-order valence-electron chi connectivity index (χ2n) is 4.76. The molecule has 2 N–H and O–H groups in total. The summed E-state index contributed by atoms with van der Waals surface area (Å²) in [6.07, 6.45) is 1.11. The molecule has 0 saturated heterocycles. The third-order valence-corrected chi connectivity index (χ3v) is 3.00. The van der Waals surface area contributed by atoms with Crippen molar-refractivity contribution in [2.75, 3.05) is 0 Å². The van der Waals surface area contributed by atoms with E-state index in [1.807, 2.05) is 0 Å². The van der Waals surface area contributed by atoms with E-state index in [0.717, 1.165) is 12.8 Å². The fourth-order valence-electron chi connectivity index (χ4n) is 1.69. The summed E-state index contributed by atoms with van der Waals surface area (Å²) in [7, 11) is 0. The van der Waals surface area contributed by atoms with Crippen molar-refractivity contribution in [3.63, 3.8) is 0 Å². The molecule has 1 aliphatic rings. The highest BCUT2D eigenvalue weighted by molar-refractivity contribution is 5.81. The van der Waals surface area contributed by atoms with E-state index < -0.39 is 11.0 Å². The summed E-state index contributed by atoms with van der Waals surface area (Å²) in [4.78, 5) is 22.1. The molecule has 0 bridgehead atoms. The molecule has 1 saturated carbocycles. The minimum atomic E-state index is -0.811. The van der Waals surface area contributed by atoms with Crippen LogP contribution in [0.1, 0.15) is 25.3 Å². The first kappa shape index (κ1) is 14.3. The van der Waals surface area contributed by atoms with E-state index in [-0.39, 0.29) is 30.0 Å². The molecule has 0 aliphatic heterocycles. The first-order valence-electron chi connectivity index (χ1n) is 6.36. The Morgan fingerprint density at radius 2 is 2.30 bits per heavy atom. The van der Waals surface area contributed by atoms with Crippen LogP contribution < -0.4 is 10.1 Å². The number of aliphatic hydroxyl groups excluding tert-OH is 1. The number of amides is 1. The van der Waals surface area contributed by atoms with Gasteiger partial charge >= 0.3 is 5.69 Å². The maximum Gasteiger partial charge on any atom is 0.311 e. The number of nitro benzene ring substituents is 1. The van der Waals surface area contributed by atoms with Crippen LogP contribution in [0, 0.1) is 10.1 Å². The molecule has 1 atom stereocenters. The van der Waals surface area contributed by atoms with Crippen LogP contribution in [0.15, 0.2) is 18.2 Å². The Bertz CT molecular complexity index is 527. The Labute approximate surface area is 115 Å². The highest BCUT2D eigenvalue weighted by Gasteiger charge is 2.27. The number of nitrogens with zero attached hydrogens (tertiary/aromatic N) is 1. The lowest BCUT2D eigenvalue weighted by Gasteiger charge is -2.14. The van der Waals surface area contributed by atoms with Crippen molar-refractivity contribution in [2.24, 2.45) is 0 Å². The second kappa shape index (κ2) is 5.87. The maximum absolute atomic E-state index is 11.8. The number of ether oxygens (including phenoxy) is 1. The van der Waals surface area contributed by atoms with Crippen LogP contribution in [-0.4, -0.2) is 28.1 Å². The van der Waals surface area contributed by atoms with E-state index in [4.69, 9.17) is 9.84 Å². The quantitative estimate of drug-likeness (QED) is 0.601. The smallest absolute Gasteiger partial charge is 0.311 e. The summed E-state index contributed by atoms with van der Waals surface area (Å²) < 4.78 is 5.36. The summed E-state index contributed by atoms with van der Waals surface area (Å²) in [5, 5.41) is 22.7. The van der Waals surface area contributed by atoms with Crippen molar-refractivity contribution >= 4 is 11.6 Å². The molecule has 7 heteroatoms. The van der Waals surface area contributed by atoms with Crippen molar-refractivity contribution in [3.05, 3.63) is 33.9 Å². The lowest BCUT2D eigenvalue weighted by atomic mass is 10.2. The Kier molecular flexibility index (Phi) is 4.19. The SMILES string of the molecule is CC(Oc1ccc(CO)cc1[N+](=O)[O-])C(=O)NC1CC1. The van der Waals surface area contributed by atoms with Gasteiger partial charge in [-0.25, -0.2) is 0 Å². The fraction of sp³-hybridized carbons (Fsp3) is 0.462. The monoisotopic (exact) mass is 280 g/mol.